The third-order valence-corrected chi connectivity index (χ3v) is 6.07. The van der Waals surface area contributed by atoms with Crippen LogP contribution in [0.25, 0.3) is 0 Å². The lowest BCUT2D eigenvalue weighted by molar-refractivity contribution is 0.0725. The first-order chi connectivity index (χ1) is 17.5. The van der Waals surface area contributed by atoms with Crippen LogP contribution in [-0.2, 0) is 11.2 Å². The van der Waals surface area contributed by atoms with E-state index in [2.05, 4.69) is 6.92 Å². The van der Waals surface area contributed by atoms with E-state index in [1.807, 2.05) is 6.07 Å². The van der Waals surface area contributed by atoms with Crippen LogP contribution in [0.4, 0.5) is 0 Å². The Kier molecular flexibility index (Phi) is 12.8. The Morgan fingerprint density at radius 3 is 1.94 bits per heavy atom. The van der Waals surface area contributed by atoms with E-state index in [-0.39, 0.29) is 35.2 Å². The number of rotatable bonds is 17. The van der Waals surface area contributed by atoms with E-state index in [1.165, 1.54) is 67.0 Å². The average molecular weight is 501 g/mol. The summed E-state index contributed by atoms with van der Waals surface area (Å²) in [6.45, 7) is 2.12. The van der Waals surface area contributed by atoms with Crippen LogP contribution in [0, 0.1) is 0 Å². The van der Waals surface area contributed by atoms with E-state index in [1.54, 1.807) is 24.3 Å². The second kappa shape index (κ2) is 15.8. The van der Waals surface area contributed by atoms with Crippen LogP contribution in [0.15, 0.2) is 30.3 Å². The van der Waals surface area contributed by atoms with E-state index in [0.29, 0.717) is 11.3 Å². The zero-order chi connectivity index (χ0) is 26.3. The molecule has 0 unspecified atom stereocenters. The molecule has 0 saturated carbocycles. The Hall–Kier alpha value is -3.06. The fraction of sp³-hybridized carbons (Fsp3) is 0.517. The molecule has 0 heterocycles. The highest BCUT2D eigenvalue weighted by Gasteiger charge is 2.24. The Morgan fingerprint density at radius 2 is 1.33 bits per heavy atom. The van der Waals surface area contributed by atoms with Gasteiger partial charge in [0.05, 0.1) is 26.9 Å². The normalized spacial score (nSPS) is 10.7. The summed E-state index contributed by atoms with van der Waals surface area (Å²) in [6.07, 6.45) is 10.7. The quantitative estimate of drug-likeness (QED) is 0.107. The van der Waals surface area contributed by atoms with Gasteiger partial charge in [0.15, 0.2) is 17.3 Å². The summed E-state index contributed by atoms with van der Waals surface area (Å²) in [4.78, 5) is 25.8. The molecule has 0 radical (unpaired) electrons. The van der Waals surface area contributed by atoms with Crippen LogP contribution in [-0.4, -0.2) is 46.8 Å². The number of esters is 1. The fourth-order valence-corrected chi connectivity index (χ4v) is 4.13. The fourth-order valence-electron chi connectivity index (χ4n) is 4.13. The lowest BCUT2D eigenvalue weighted by Gasteiger charge is -2.16. The standard InChI is InChI=1S/C29H40O7/c1-6-7-8-9-10-11-12-13-14-21-15-16-22(24(30)20-32-2)26(19-21)36-29(31)23-17-18-25(33-3)28(35-5)27(23)34-4/h15-19H,6-14,20H2,1-5H3. The Morgan fingerprint density at radius 1 is 0.694 bits per heavy atom. The Bertz CT molecular complexity index is 984. The molecule has 0 amide bonds. The van der Waals surface area contributed by atoms with E-state index < -0.39 is 5.97 Å². The van der Waals surface area contributed by atoms with Gasteiger partial charge in [-0.2, -0.15) is 0 Å². The molecule has 0 aliphatic heterocycles. The minimum absolute atomic E-state index is 0.110. The molecule has 198 valence electrons. The van der Waals surface area contributed by atoms with Crippen molar-refractivity contribution in [2.45, 2.75) is 64.7 Å². The van der Waals surface area contributed by atoms with Gasteiger partial charge in [-0.15, -0.1) is 0 Å². The SMILES string of the molecule is CCCCCCCCCCc1ccc(C(=O)COC)c(OC(=O)c2ccc(OC)c(OC)c2OC)c1. The largest absolute Gasteiger partial charge is 0.493 e. The number of benzene rings is 2. The predicted molar refractivity (Wildman–Crippen MR) is 140 cm³/mol. The number of carbonyl (C=O) groups is 2. The number of ketones is 1. The van der Waals surface area contributed by atoms with Crippen molar-refractivity contribution in [3.8, 4) is 23.0 Å². The second-order valence-corrected chi connectivity index (χ2v) is 8.68. The summed E-state index contributed by atoms with van der Waals surface area (Å²) in [5.74, 6) is 0.183. The lowest BCUT2D eigenvalue weighted by Crippen LogP contribution is -2.15. The van der Waals surface area contributed by atoms with E-state index in [4.69, 9.17) is 23.7 Å². The van der Waals surface area contributed by atoms with Crippen LogP contribution in [0.2, 0.25) is 0 Å². The number of hydrogen-bond acceptors (Lipinski definition) is 7. The molecule has 0 aliphatic rings. The molecule has 0 aliphatic carbocycles. The van der Waals surface area contributed by atoms with Gasteiger partial charge < -0.3 is 23.7 Å². The van der Waals surface area contributed by atoms with Gasteiger partial charge in [-0.3, -0.25) is 4.79 Å². The molecule has 0 N–H and O–H groups in total. The van der Waals surface area contributed by atoms with Crippen molar-refractivity contribution in [1.29, 1.82) is 0 Å². The van der Waals surface area contributed by atoms with Crippen LogP contribution in [0.5, 0.6) is 23.0 Å². The molecule has 7 nitrogen and oxygen atoms in total. The van der Waals surface area contributed by atoms with Gasteiger partial charge in [-0.1, -0.05) is 57.9 Å². The van der Waals surface area contributed by atoms with Crippen molar-refractivity contribution in [1.82, 2.24) is 0 Å². The molecule has 2 rings (SSSR count). The van der Waals surface area contributed by atoms with E-state index in [0.717, 1.165) is 24.8 Å². The predicted octanol–water partition coefficient (Wildman–Crippen LogP) is 6.44. The van der Waals surface area contributed by atoms with Crippen LogP contribution in [0.1, 0.15) is 84.6 Å². The molecule has 2 aromatic rings. The van der Waals surface area contributed by atoms with Gasteiger partial charge in [0.25, 0.3) is 0 Å². The summed E-state index contributed by atoms with van der Waals surface area (Å²) in [7, 11) is 5.85. The summed E-state index contributed by atoms with van der Waals surface area (Å²) in [5.41, 5.74) is 1.47. The first kappa shape index (κ1) is 29.2. The van der Waals surface area contributed by atoms with E-state index in [9.17, 15) is 9.59 Å². The maximum absolute atomic E-state index is 13.2. The van der Waals surface area contributed by atoms with Gasteiger partial charge in [0.2, 0.25) is 5.75 Å². The van der Waals surface area contributed by atoms with Crippen molar-refractivity contribution < 1.29 is 33.3 Å². The Labute approximate surface area is 215 Å². The zero-order valence-corrected chi connectivity index (χ0v) is 22.3. The molecule has 0 spiro atoms. The van der Waals surface area contributed by atoms with Crippen LogP contribution in [0.3, 0.4) is 0 Å². The molecule has 0 atom stereocenters. The average Bonchev–Trinajstić information content (AvgIpc) is 2.89. The number of unbranched alkanes of at least 4 members (excludes halogenated alkanes) is 7. The smallest absolute Gasteiger partial charge is 0.347 e. The van der Waals surface area contributed by atoms with Gasteiger partial charge in [0.1, 0.15) is 17.9 Å². The molecule has 7 heteroatoms. The summed E-state index contributed by atoms with van der Waals surface area (Å²) >= 11 is 0. The number of ether oxygens (including phenoxy) is 5. The van der Waals surface area contributed by atoms with Crippen molar-refractivity contribution in [2.24, 2.45) is 0 Å². The zero-order valence-electron chi connectivity index (χ0n) is 22.3. The third-order valence-electron chi connectivity index (χ3n) is 6.07. The molecule has 0 bridgehead atoms. The van der Waals surface area contributed by atoms with Gasteiger partial charge >= 0.3 is 5.97 Å². The second-order valence-electron chi connectivity index (χ2n) is 8.68. The molecular formula is C29H40O7. The van der Waals surface area contributed by atoms with Gasteiger partial charge in [-0.05, 0) is 42.7 Å². The number of aryl methyl sites for hydroxylation is 1. The highest BCUT2D eigenvalue weighted by molar-refractivity contribution is 6.02. The molecule has 0 aromatic heterocycles. The van der Waals surface area contributed by atoms with Gasteiger partial charge in [-0.25, -0.2) is 4.79 Å². The molecule has 36 heavy (non-hydrogen) atoms. The monoisotopic (exact) mass is 500 g/mol. The van der Waals surface area contributed by atoms with Crippen LogP contribution >= 0.6 is 0 Å². The highest BCUT2D eigenvalue weighted by atomic mass is 16.5. The summed E-state index contributed by atoms with van der Waals surface area (Å²) < 4.78 is 26.8. The molecular weight excluding hydrogens is 460 g/mol. The first-order valence-electron chi connectivity index (χ1n) is 12.7. The minimum atomic E-state index is -0.663. The Balaban J connectivity index is 2.19. The van der Waals surface area contributed by atoms with Gasteiger partial charge in [0, 0.05) is 7.11 Å². The number of methoxy groups -OCH3 is 4. The minimum Gasteiger partial charge on any atom is -0.493 e. The summed E-state index contributed by atoms with van der Waals surface area (Å²) in [5, 5.41) is 0. The summed E-state index contributed by atoms with van der Waals surface area (Å²) in [6, 6.07) is 8.54. The topological polar surface area (TPSA) is 80.3 Å². The van der Waals surface area contributed by atoms with E-state index >= 15 is 0 Å². The van der Waals surface area contributed by atoms with Crippen LogP contribution < -0.4 is 18.9 Å². The number of carbonyl (C=O) groups excluding carboxylic acids is 2. The third kappa shape index (κ3) is 8.26. The molecule has 2 aromatic carbocycles. The number of Topliss-reactive ketones (excluding diaryl/α,β-unsaturated/α-hetero) is 1. The maximum atomic E-state index is 13.2. The molecule has 0 fully saturated rings. The lowest BCUT2D eigenvalue weighted by atomic mass is 10.0. The van der Waals surface area contributed by atoms with Crippen molar-refractivity contribution in [2.75, 3.05) is 35.0 Å². The first-order valence-corrected chi connectivity index (χ1v) is 12.7. The van der Waals surface area contributed by atoms with Crippen molar-refractivity contribution >= 4 is 11.8 Å². The van der Waals surface area contributed by atoms with Crippen molar-refractivity contribution in [3.05, 3.63) is 47.0 Å². The highest BCUT2D eigenvalue weighted by Crippen LogP contribution is 2.40. The maximum Gasteiger partial charge on any atom is 0.347 e. The molecule has 0 saturated heterocycles. The number of hydrogen-bond donors (Lipinski definition) is 0. The van der Waals surface area contributed by atoms with Crippen molar-refractivity contribution in [3.63, 3.8) is 0 Å².